The van der Waals surface area contributed by atoms with E-state index in [1.165, 1.54) is 5.56 Å². The first-order valence-corrected chi connectivity index (χ1v) is 7.47. The summed E-state index contributed by atoms with van der Waals surface area (Å²) in [4.78, 5) is 0.860. The zero-order valence-corrected chi connectivity index (χ0v) is 12.1. The Balaban J connectivity index is 2.67. The van der Waals surface area contributed by atoms with Gasteiger partial charge in [0.25, 0.3) is 0 Å². The van der Waals surface area contributed by atoms with Crippen LogP contribution in [0.1, 0.15) is 31.7 Å². The molecule has 1 aromatic rings. The molecule has 1 unspecified atom stereocenters. The van der Waals surface area contributed by atoms with Gasteiger partial charge in [-0.05, 0) is 31.9 Å². The van der Waals surface area contributed by atoms with E-state index in [-0.39, 0.29) is 0 Å². The van der Waals surface area contributed by atoms with Crippen LogP contribution in [0.15, 0.2) is 39.1 Å². The Labute approximate surface area is 109 Å². The number of allylic oxidation sites excluding steroid dienone is 1. The van der Waals surface area contributed by atoms with Gasteiger partial charge in [-0.1, -0.05) is 47.0 Å². The molecule has 0 aliphatic carbocycles. The van der Waals surface area contributed by atoms with Gasteiger partial charge in [0, 0.05) is 14.8 Å². The number of aryl methyl sites for hydroxylation is 1. The monoisotopic (exact) mass is 300 g/mol. The Bertz CT molecular complexity index is 381. The number of rotatable bonds is 5. The van der Waals surface area contributed by atoms with Crippen molar-refractivity contribution in [2.75, 3.05) is 0 Å². The maximum Gasteiger partial charge on any atom is 0.0784 e. The van der Waals surface area contributed by atoms with E-state index in [2.05, 4.69) is 22.9 Å². The fourth-order valence-corrected chi connectivity index (χ4v) is 2.94. The SMILES string of the molecule is CCCC/C(Br)=C\S(=O)c1ccc(C)cc1. The van der Waals surface area contributed by atoms with Gasteiger partial charge in [-0.25, -0.2) is 4.21 Å². The van der Waals surface area contributed by atoms with Crippen LogP contribution in [0.2, 0.25) is 0 Å². The van der Waals surface area contributed by atoms with Crippen molar-refractivity contribution in [2.45, 2.75) is 38.0 Å². The van der Waals surface area contributed by atoms with Crippen molar-refractivity contribution in [3.05, 3.63) is 39.7 Å². The molecule has 0 aliphatic rings. The molecule has 3 heteroatoms. The Hall–Kier alpha value is -0.410. The summed E-state index contributed by atoms with van der Waals surface area (Å²) in [7, 11) is -1.03. The van der Waals surface area contributed by atoms with Crippen LogP contribution in [0.25, 0.3) is 0 Å². The van der Waals surface area contributed by atoms with Crippen LogP contribution in [0.3, 0.4) is 0 Å². The molecule has 0 saturated carbocycles. The summed E-state index contributed by atoms with van der Waals surface area (Å²) >= 11 is 3.46. The molecule has 1 nitrogen and oxygen atoms in total. The lowest BCUT2D eigenvalue weighted by atomic mass is 10.2. The van der Waals surface area contributed by atoms with E-state index < -0.39 is 10.8 Å². The fraction of sp³-hybridized carbons (Fsp3) is 0.385. The molecule has 0 fully saturated rings. The molecule has 1 aromatic carbocycles. The van der Waals surface area contributed by atoms with Gasteiger partial charge in [0.15, 0.2) is 0 Å². The van der Waals surface area contributed by atoms with Crippen molar-refractivity contribution < 1.29 is 4.21 Å². The van der Waals surface area contributed by atoms with Crippen molar-refractivity contribution in [1.82, 2.24) is 0 Å². The number of unbranched alkanes of at least 4 members (excludes halogenated alkanes) is 1. The third-order valence-corrected chi connectivity index (χ3v) is 4.42. The molecule has 0 radical (unpaired) electrons. The van der Waals surface area contributed by atoms with Gasteiger partial charge < -0.3 is 0 Å². The van der Waals surface area contributed by atoms with E-state index in [9.17, 15) is 4.21 Å². The zero-order chi connectivity index (χ0) is 12.0. The van der Waals surface area contributed by atoms with E-state index in [4.69, 9.17) is 0 Å². The highest BCUT2D eigenvalue weighted by molar-refractivity contribution is 9.11. The van der Waals surface area contributed by atoms with Gasteiger partial charge >= 0.3 is 0 Å². The summed E-state index contributed by atoms with van der Waals surface area (Å²) in [5.74, 6) is 0. The minimum Gasteiger partial charge on any atom is -0.250 e. The Morgan fingerprint density at radius 3 is 2.56 bits per heavy atom. The number of hydrogen-bond donors (Lipinski definition) is 0. The number of benzene rings is 1. The third kappa shape index (κ3) is 4.62. The lowest BCUT2D eigenvalue weighted by Gasteiger charge is -2.00. The summed E-state index contributed by atoms with van der Waals surface area (Å²) in [5.41, 5.74) is 1.19. The highest BCUT2D eigenvalue weighted by atomic mass is 79.9. The number of hydrogen-bond acceptors (Lipinski definition) is 1. The van der Waals surface area contributed by atoms with Crippen LogP contribution in [0.5, 0.6) is 0 Å². The first kappa shape index (κ1) is 13.7. The van der Waals surface area contributed by atoms with E-state index in [1.54, 1.807) is 5.41 Å². The molecule has 0 aliphatic heterocycles. The highest BCUT2D eigenvalue weighted by Gasteiger charge is 2.01. The molecular formula is C13H17BrOS. The van der Waals surface area contributed by atoms with Crippen molar-refractivity contribution in [2.24, 2.45) is 0 Å². The number of halogens is 1. The first-order valence-electron chi connectivity index (χ1n) is 5.47. The lowest BCUT2D eigenvalue weighted by Crippen LogP contribution is -1.88. The second-order valence-electron chi connectivity index (χ2n) is 3.78. The van der Waals surface area contributed by atoms with Crippen LogP contribution in [0.4, 0.5) is 0 Å². The molecule has 1 rings (SSSR count). The molecule has 0 saturated heterocycles. The molecule has 0 N–H and O–H groups in total. The molecule has 16 heavy (non-hydrogen) atoms. The van der Waals surface area contributed by atoms with Crippen LogP contribution < -0.4 is 0 Å². The summed E-state index contributed by atoms with van der Waals surface area (Å²) in [6.45, 7) is 4.18. The van der Waals surface area contributed by atoms with Gasteiger partial charge in [0.1, 0.15) is 0 Å². The molecule has 1 atom stereocenters. The average molecular weight is 301 g/mol. The molecular weight excluding hydrogens is 284 g/mol. The van der Waals surface area contributed by atoms with Crippen LogP contribution in [-0.2, 0) is 10.8 Å². The summed E-state index contributed by atoms with van der Waals surface area (Å²) in [6.07, 6.45) is 3.25. The van der Waals surface area contributed by atoms with E-state index in [0.29, 0.717) is 0 Å². The Morgan fingerprint density at radius 2 is 2.00 bits per heavy atom. The maximum absolute atomic E-state index is 11.9. The van der Waals surface area contributed by atoms with Gasteiger partial charge in [0.05, 0.1) is 10.8 Å². The van der Waals surface area contributed by atoms with E-state index in [1.807, 2.05) is 31.2 Å². The minimum atomic E-state index is -1.03. The summed E-state index contributed by atoms with van der Waals surface area (Å²) in [5, 5.41) is 1.79. The molecule has 0 amide bonds. The summed E-state index contributed by atoms with van der Waals surface area (Å²) in [6, 6.07) is 7.81. The van der Waals surface area contributed by atoms with Crippen molar-refractivity contribution in [3.8, 4) is 0 Å². The maximum atomic E-state index is 11.9. The second-order valence-corrected chi connectivity index (χ2v) is 6.10. The van der Waals surface area contributed by atoms with Crippen LogP contribution in [0, 0.1) is 6.92 Å². The van der Waals surface area contributed by atoms with Crippen LogP contribution >= 0.6 is 15.9 Å². The smallest absolute Gasteiger partial charge is 0.0784 e. The summed E-state index contributed by atoms with van der Waals surface area (Å²) < 4.78 is 13.0. The molecule has 0 heterocycles. The predicted molar refractivity (Wildman–Crippen MR) is 74.1 cm³/mol. The Morgan fingerprint density at radius 1 is 1.38 bits per heavy atom. The zero-order valence-electron chi connectivity index (χ0n) is 9.70. The highest BCUT2D eigenvalue weighted by Crippen LogP contribution is 2.18. The van der Waals surface area contributed by atoms with Crippen molar-refractivity contribution in [1.29, 1.82) is 0 Å². The quantitative estimate of drug-likeness (QED) is 0.781. The Kier molecular flexibility index (Phi) is 5.99. The van der Waals surface area contributed by atoms with Gasteiger partial charge in [-0.15, -0.1) is 0 Å². The van der Waals surface area contributed by atoms with Gasteiger partial charge in [0.2, 0.25) is 0 Å². The third-order valence-electron chi connectivity index (χ3n) is 2.26. The normalized spacial score (nSPS) is 13.8. The van der Waals surface area contributed by atoms with E-state index in [0.717, 1.165) is 28.6 Å². The molecule has 0 aromatic heterocycles. The molecule has 0 spiro atoms. The topological polar surface area (TPSA) is 17.1 Å². The second kappa shape index (κ2) is 7.02. The average Bonchev–Trinajstić information content (AvgIpc) is 2.27. The van der Waals surface area contributed by atoms with Crippen LogP contribution in [-0.4, -0.2) is 4.21 Å². The predicted octanol–water partition coefficient (Wildman–Crippen LogP) is 4.53. The standard InChI is InChI=1S/C13H17BrOS/c1-3-4-5-12(14)10-16(15)13-8-6-11(2)7-9-13/h6-10H,3-5H2,1-2H3/b12-10+. The fourth-order valence-electron chi connectivity index (χ4n) is 1.26. The van der Waals surface area contributed by atoms with Crippen molar-refractivity contribution >= 4 is 26.7 Å². The molecule has 88 valence electrons. The first-order chi connectivity index (χ1) is 7.63. The minimum absolute atomic E-state index is 0.860. The van der Waals surface area contributed by atoms with Gasteiger partial charge in [-0.3, -0.25) is 0 Å². The van der Waals surface area contributed by atoms with Crippen molar-refractivity contribution in [3.63, 3.8) is 0 Å². The van der Waals surface area contributed by atoms with Gasteiger partial charge in [-0.2, -0.15) is 0 Å². The lowest BCUT2D eigenvalue weighted by molar-refractivity contribution is 0.688. The molecule has 0 bridgehead atoms. The van der Waals surface area contributed by atoms with E-state index >= 15 is 0 Å². The largest absolute Gasteiger partial charge is 0.250 e.